The van der Waals surface area contributed by atoms with E-state index in [1.165, 1.54) is 5.56 Å². The molecule has 0 aliphatic heterocycles. The number of hydrogen-bond acceptors (Lipinski definition) is 4. The van der Waals surface area contributed by atoms with Gasteiger partial charge in [-0.15, -0.1) is 0 Å². The fourth-order valence-electron chi connectivity index (χ4n) is 2.36. The molecule has 1 heterocycles. The normalized spacial score (nSPS) is 20.2. The van der Waals surface area contributed by atoms with E-state index in [-0.39, 0.29) is 6.04 Å². The second kappa shape index (κ2) is 4.95. The lowest BCUT2D eigenvalue weighted by molar-refractivity contribution is 0.416. The van der Waals surface area contributed by atoms with Gasteiger partial charge in [0.1, 0.15) is 5.75 Å². The van der Waals surface area contributed by atoms with E-state index in [9.17, 15) is 0 Å². The van der Waals surface area contributed by atoms with E-state index < -0.39 is 0 Å². The predicted octanol–water partition coefficient (Wildman–Crippen LogP) is 2.44. The third-order valence-electron chi connectivity index (χ3n) is 3.66. The van der Waals surface area contributed by atoms with Crippen molar-refractivity contribution in [1.29, 1.82) is 5.26 Å². The van der Waals surface area contributed by atoms with Crippen LogP contribution in [0.5, 0.6) is 5.75 Å². The molecule has 1 fully saturated rings. The smallest absolute Gasteiger partial charge is 0.128 e. The average Bonchev–Trinajstić information content (AvgIpc) is 3.23. The minimum Gasteiger partial charge on any atom is -0.496 e. The monoisotopic (exact) mass is 265 g/mol. The molecule has 2 N–H and O–H groups in total. The van der Waals surface area contributed by atoms with Gasteiger partial charge in [-0.1, -0.05) is 6.07 Å². The lowest BCUT2D eigenvalue weighted by Crippen LogP contribution is -2.01. The molecular weight excluding hydrogens is 250 g/mol. The van der Waals surface area contributed by atoms with Crippen LogP contribution in [-0.4, -0.2) is 18.1 Å². The number of aromatic nitrogens is 1. The summed E-state index contributed by atoms with van der Waals surface area (Å²) in [5.41, 5.74) is 9.25. The first kappa shape index (κ1) is 12.6. The van der Waals surface area contributed by atoms with Crippen molar-refractivity contribution < 1.29 is 4.74 Å². The Kier molecular flexibility index (Phi) is 3.13. The maximum atomic E-state index is 9.00. The minimum atomic E-state index is 0.277. The molecule has 4 nitrogen and oxygen atoms in total. The van der Waals surface area contributed by atoms with Crippen LogP contribution in [0.4, 0.5) is 0 Å². The Labute approximate surface area is 117 Å². The zero-order chi connectivity index (χ0) is 14.1. The van der Waals surface area contributed by atoms with Gasteiger partial charge in [0.25, 0.3) is 0 Å². The van der Waals surface area contributed by atoms with Crippen LogP contribution in [0.1, 0.15) is 23.5 Å². The Balaban J connectivity index is 1.97. The third kappa shape index (κ3) is 2.24. The molecule has 1 aromatic heterocycles. The Bertz CT molecular complexity index is 673. The van der Waals surface area contributed by atoms with Gasteiger partial charge in [-0.05, 0) is 36.2 Å². The first-order valence-corrected chi connectivity index (χ1v) is 6.53. The Morgan fingerprint density at radius 2 is 2.15 bits per heavy atom. The third-order valence-corrected chi connectivity index (χ3v) is 3.66. The molecular formula is C16H15N3O. The van der Waals surface area contributed by atoms with Crippen LogP contribution in [0, 0.1) is 11.3 Å². The van der Waals surface area contributed by atoms with Gasteiger partial charge in [-0.2, -0.15) is 5.26 Å². The summed E-state index contributed by atoms with van der Waals surface area (Å²) in [7, 11) is 1.61. The minimum absolute atomic E-state index is 0.277. The highest BCUT2D eigenvalue weighted by Crippen LogP contribution is 2.39. The number of nitrogens with two attached hydrogens (primary N) is 1. The molecule has 1 aromatic carbocycles. The first-order chi connectivity index (χ1) is 9.72. The van der Waals surface area contributed by atoms with Crippen molar-refractivity contribution >= 4 is 0 Å². The van der Waals surface area contributed by atoms with E-state index in [1.54, 1.807) is 25.3 Å². The maximum absolute atomic E-state index is 9.00. The van der Waals surface area contributed by atoms with Crippen molar-refractivity contribution in [2.75, 3.05) is 7.11 Å². The Morgan fingerprint density at radius 1 is 1.35 bits per heavy atom. The van der Waals surface area contributed by atoms with Gasteiger partial charge < -0.3 is 10.5 Å². The van der Waals surface area contributed by atoms with Crippen LogP contribution in [-0.2, 0) is 0 Å². The highest BCUT2D eigenvalue weighted by atomic mass is 16.5. The second-order valence-corrected chi connectivity index (χ2v) is 5.01. The predicted molar refractivity (Wildman–Crippen MR) is 76.3 cm³/mol. The fourth-order valence-corrected chi connectivity index (χ4v) is 2.36. The summed E-state index contributed by atoms with van der Waals surface area (Å²) in [6, 6.07) is 11.7. The number of hydrogen-bond donors (Lipinski definition) is 1. The molecule has 1 aliphatic rings. The molecule has 4 heteroatoms. The van der Waals surface area contributed by atoms with Gasteiger partial charge in [0.15, 0.2) is 0 Å². The molecule has 0 saturated heterocycles. The molecule has 20 heavy (non-hydrogen) atoms. The molecule has 0 radical (unpaired) electrons. The number of nitriles is 1. The summed E-state index contributed by atoms with van der Waals surface area (Å²) in [4.78, 5) is 4.48. The summed E-state index contributed by atoms with van der Waals surface area (Å²) in [5, 5.41) is 9.00. The zero-order valence-electron chi connectivity index (χ0n) is 11.2. The summed E-state index contributed by atoms with van der Waals surface area (Å²) >= 11 is 0. The van der Waals surface area contributed by atoms with Crippen molar-refractivity contribution in [3.05, 3.63) is 47.7 Å². The van der Waals surface area contributed by atoms with E-state index in [1.807, 2.05) is 12.3 Å². The van der Waals surface area contributed by atoms with Gasteiger partial charge in [-0.3, -0.25) is 4.98 Å². The van der Waals surface area contributed by atoms with E-state index >= 15 is 0 Å². The van der Waals surface area contributed by atoms with Gasteiger partial charge in [0, 0.05) is 23.7 Å². The van der Waals surface area contributed by atoms with Crippen LogP contribution in [0.3, 0.4) is 0 Å². The number of rotatable bonds is 3. The molecule has 2 atom stereocenters. The number of benzene rings is 1. The van der Waals surface area contributed by atoms with Crippen LogP contribution in [0.25, 0.3) is 11.3 Å². The Morgan fingerprint density at radius 3 is 2.70 bits per heavy atom. The SMILES string of the molecule is COc1ccc(C#N)cc1-c1ccc(C2CC2N)cn1. The molecule has 0 bridgehead atoms. The summed E-state index contributed by atoms with van der Waals surface area (Å²) in [5.74, 6) is 1.16. The zero-order valence-corrected chi connectivity index (χ0v) is 11.2. The summed E-state index contributed by atoms with van der Waals surface area (Å²) < 4.78 is 5.34. The van der Waals surface area contributed by atoms with Crippen LogP contribution in [0.15, 0.2) is 36.5 Å². The fraction of sp³-hybridized carbons (Fsp3) is 0.250. The standard InChI is InChI=1S/C16H15N3O/c1-20-16-5-2-10(8-17)6-13(16)15-4-3-11(9-19-15)12-7-14(12)18/h2-6,9,12,14H,7,18H2,1H3. The van der Waals surface area contributed by atoms with Gasteiger partial charge in [0.2, 0.25) is 0 Å². The van der Waals surface area contributed by atoms with Crippen molar-refractivity contribution in [3.63, 3.8) is 0 Å². The largest absolute Gasteiger partial charge is 0.496 e. The lowest BCUT2D eigenvalue weighted by Gasteiger charge is -2.09. The molecule has 100 valence electrons. The number of methoxy groups -OCH3 is 1. The molecule has 1 saturated carbocycles. The number of pyridine rings is 1. The van der Waals surface area contributed by atoms with Crippen molar-refractivity contribution in [2.45, 2.75) is 18.4 Å². The topological polar surface area (TPSA) is 71.9 Å². The number of ether oxygens (including phenoxy) is 1. The summed E-state index contributed by atoms with van der Waals surface area (Å²) in [6.07, 6.45) is 2.90. The maximum Gasteiger partial charge on any atom is 0.128 e. The molecule has 3 rings (SSSR count). The van der Waals surface area contributed by atoms with Crippen LogP contribution >= 0.6 is 0 Å². The quantitative estimate of drug-likeness (QED) is 0.925. The molecule has 0 amide bonds. The second-order valence-electron chi connectivity index (χ2n) is 5.01. The molecule has 1 aliphatic carbocycles. The van der Waals surface area contributed by atoms with Gasteiger partial charge >= 0.3 is 0 Å². The van der Waals surface area contributed by atoms with Gasteiger partial charge in [-0.25, -0.2) is 0 Å². The van der Waals surface area contributed by atoms with Gasteiger partial charge in [0.05, 0.1) is 24.4 Å². The lowest BCUT2D eigenvalue weighted by atomic mass is 10.1. The van der Waals surface area contributed by atoms with Crippen LogP contribution < -0.4 is 10.5 Å². The molecule has 2 aromatic rings. The number of nitrogens with zero attached hydrogens (tertiary/aromatic N) is 2. The van der Waals surface area contributed by atoms with Crippen LogP contribution in [0.2, 0.25) is 0 Å². The first-order valence-electron chi connectivity index (χ1n) is 6.53. The van der Waals surface area contributed by atoms with Crippen molar-refractivity contribution in [3.8, 4) is 23.1 Å². The summed E-state index contributed by atoms with van der Waals surface area (Å²) in [6.45, 7) is 0. The van der Waals surface area contributed by atoms with Crippen molar-refractivity contribution in [1.82, 2.24) is 4.98 Å². The molecule has 2 unspecified atom stereocenters. The van der Waals surface area contributed by atoms with E-state index in [0.717, 1.165) is 17.7 Å². The average molecular weight is 265 g/mol. The van der Waals surface area contributed by atoms with Crippen molar-refractivity contribution in [2.24, 2.45) is 5.73 Å². The highest BCUT2D eigenvalue weighted by Gasteiger charge is 2.34. The van der Waals surface area contributed by atoms with E-state index in [2.05, 4.69) is 17.1 Å². The highest BCUT2D eigenvalue weighted by molar-refractivity contribution is 5.69. The Hall–Kier alpha value is -2.38. The van der Waals surface area contributed by atoms with E-state index in [4.69, 9.17) is 15.7 Å². The molecule has 0 spiro atoms. The van der Waals surface area contributed by atoms with E-state index in [0.29, 0.717) is 17.2 Å².